The van der Waals surface area contributed by atoms with E-state index in [0.717, 1.165) is 0 Å². The highest BCUT2D eigenvalue weighted by molar-refractivity contribution is 5.95. The third-order valence-corrected chi connectivity index (χ3v) is 2.62. The summed E-state index contributed by atoms with van der Waals surface area (Å²) in [6.45, 7) is 0. The van der Waals surface area contributed by atoms with Crippen molar-refractivity contribution in [2.24, 2.45) is 0 Å². The molecule has 0 fully saturated rings. The highest BCUT2D eigenvalue weighted by Gasteiger charge is 2.13. The summed E-state index contributed by atoms with van der Waals surface area (Å²) in [5.74, 6) is -1.04. The van der Waals surface area contributed by atoms with Gasteiger partial charge in [0.25, 0.3) is 0 Å². The topological polar surface area (TPSA) is 72.8 Å². The molecule has 0 atom stereocenters. The SMILES string of the molecule is COc1ccccc1OC(=O)c1cccc(C(=O)O)c1. The molecule has 2 aromatic carbocycles. The van der Waals surface area contributed by atoms with Crippen molar-refractivity contribution >= 4 is 11.9 Å². The highest BCUT2D eigenvalue weighted by atomic mass is 16.6. The Hall–Kier alpha value is -2.82. The second-order valence-corrected chi connectivity index (χ2v) is 3.93. The van der Waals surface area contributed by atoms with Crippen LogP contribution in [0.5, 0.6) is 11.5 Å². The molecule has 0 unspecified atom stereocenters. The molecule has 0 aliphatic rings. The lowest BCUT2D eigenvalue weighted by Gasteiger charge is -2.08. The molecule has 2 aromatic rings. The van der Waals surface area contributed by atoms with E-state index in [0.29, 0.717) is 5.75 Å². The smallest absolute Gasteiger partial charge is 0.343 e. The maximum Gasteiger partial charge on any atom is 0.343 e. The zero-order valence-corrected chi connectivity index (χ0v) is 10.7. The van der Waals surface area contributed by atoms with Gasteiger partial charge in [-0.1, -0.05) is 18.2 Å². The Labute approximate surface area is 115 Å². The number of hydrogen-bond acceptors (Lipinski definition) is 4. The Kier molecular flexibility index (Phi) is 4.00. The number of benzene rings is 2. The average molecular weight is 272 g/mol. The van der Waals surface area contributed by atoms with E-state index >= 15 is 0 Å². The zero-order chi connectivity index (χ0) is 14.5. The summed E-state index contributed by atoms with van der Waals surface area (Å²) in [6, 6.07) is 12.4. The minimum atomic E-state index is -1.10. The van der Waals surface area contributed by atoms with Crippen LogP contribution in [0.4, 0.5) is 0 Å². The molecule has 0 radical (unpaired) electrons. The fourth-order valence-electron chi connectivity index (χ4n) is 1.64. The molecule has 0 spiro atoms. The molecular weight excluding hydrogens is 260 g/mol. The molecule has 0 bridgehead atoms. The van der Waals surface area contributed by atoms with E-state index in [1.807, 2.05) is 0 Å². The van der Waals surface area contributed by atoms with Crippen molar-refractivity contribution in [3.63, 3.8) is 0 Å². The van der Waals surface area contributed by atoms with E-state index in [1.165, 1.54) is 31.4 Å². The van der Waals surface area contributed by atoms with Crippen LogP contribution in [0.15, 0.2) is 48.5 Å². The van der Waals surface area contributed by atoms with Crippen molar-refractivity contribution in [2.45, 2.75) is 0 Å². The normalized spacial score (nSPS) is 9.85. The van der Waals surface area contributed by atoms with Crippen LogP contribution in [0.1, 0.15) is 20.7 Å². The molecule has 0 heterocycles. The fourth-order valence-corrected chi connectivity index (χ4v) is 1.64. The Morgan fingerprint density at radius 1 is 0.950 bits per heavy atom. The minimum absolute atomic E-state index is 0.0273. The molecule has 0 aliphatic heterocycles. The summed E-state index contributed by atoms with van der Waals surface area (Å²) < 4.78 is 10.3. The molecule has 1 N–H and O–H groups in total. The van der Waals surface area contributed by atoms with E-state index in [-0.39, 0.29) is 16.9 Å². The molecule has 2 rings (SSSR count). The lowest BCUT2D eigenvalue weighted by Crippen LogP contribution is -2.10. The third kappa shape index (κ3) is 2.95. The second-order valence-electron chi connectivity index (χ2n) is 3.93. The van der Waals surface area contributed by atoms with Crippen LogP contribution in [0.2, 0.25) is 0 Å². The molecule has 0 aromatic heterocycles. The fraction of sp³-hybridized carbons (Fsp3) is 0.0667. The summed E-state index contributed by atoms with van der Waals surface area (Å²) in [6.07, 6.45) is 0. The van der Waals surface area contributed by atoms with Gasteiger partial charge in [-0.15, -0.1) is 0 Å². The predicted octanol–water partition coefficient (Wildman–Crippen LogP) is 2.61. The first-order valence-electron chi connectivity index (χ1n) is 5.80. The number of esters is 1. The van der Waals surface area contributed by atoms with Crippen LogP contribution >= 0.6 is 0 Å². The van der Waals surface area contributed by atoms with Gasteiger partial charge in [0.15, 0.2) is 11.5 Å². The Bertz CT molecular complexity index is 648. The van der Waals surface area contributed by atoms with Gasteiger partial charge in [0, 0.05) is 0 Å². The van der Waals surface area contributed by atoms with E-state index in [4.69, 9.17) is 14.6 Å². The number of carboxylic acids is 1. The van der Waals surface area contributed by atoms with Crippen molar-refractivity contribution in [3.8, 4) is 11.5 Å². The van der Waals surface area contributed by atoms with Gasteiger partial charge in [-0.2, -0.15) is 0 Å². The highest BCUT2D eigenvalue weighted by Crippen LogP contribution is 2.26. The Morgan fingerprint density at radius 2 is 1.60 bits per heavy atom. The van der Waals surface area contributed by atoms with Crippen LogP contribution in [0.25, 0.3) is 0 Å². The number of aromatic carboxylic acids is 1. The number of carbonyl (C=O) groups excluding carboxylic acids is 1. The third-order valence-electron chi connectivity index (χ3n) is 2.62. The van der Waals surface area contributed by atoms with Crippen molar-refractivity contribution in [1.29, 1.82) is 0 Å². The van der Waals surface area contributed by atoms with E-state index < -0.39 is 11.9 Å². The predicted molar refractivity (Wildman–Crippen MR) is 71.4 cm³/mol. The molecule has 5 heteroatoms. The number of ether oxygens (including phenoxy) is 2. The quantitative estimate of drug-likeness (QED) is 0.684. The van der Waals surface area contributed by atoms with Gasteiger partial charge >= 0.3 is 11.9 Å². The van der Waals surface area contributed by atoms with Gasteiger partial charge in [0.2, 0.25) is 0 Å². The molecule has 0 aliphatic carbocycles. The largest absolute Gasteiger partial charge is 0.493 e. The molecular formula is C15H12O5. The summed E-state index contributed by atoms with van der Waals surface area (Å²) in [5, 5.41) is 8.89. The van der Waals surface area contributed by atoms with E-state index in [1.54, 1.807) is 24.3 Å². The minimum Gasteiger partial charge on any atom is -0.493 e. The van der Waals surface area contributed by atoms with Crippen molar-refractivity contribution in [3.05, 3.63) is 59.7 Å². The van der Waals surface area contributed by atoms with Crippen molar-refractivity contribution in [2.75, 3.05) is 7.11 Å². The molecule has 20 heavy (non-hydrogen) atoms. The van der Waals surface area contributed by atoms with Crippen LogP contribution in [-0.2, 0) is 0 Å². The van der Waals surface area contributed by atoms with Gasteiger partial charge in [-0.3, -0.25) is 0 Å². The van der Waals surface area contributed by atoms with Crippen LogP contribution in [0, 0.1) is 0 Å². The van der Waals surface area contributed by atoms with Crippen LogP contribution in [-0.4, -0.2) is 24.2 Å². The van der Waals surface area contributed by atoms with Gasteiger partial charge in [0.05, 0.1) is 18.2 Å². The number of para-hydroxylation sites is 2. The van der Waals surface area contributed by atoms with Crippen molar-refractivity contribution in [1.82, 2.24) is 0 Å². The number of methoxy groups -OCH3 is 1. The number of rotatable bonds is 4. The second kappa shape index (κ2) is 5.88. The van der Waals surface area contributed by atoms with Gasteiger partial charge in [-0.25, -0.2) is 9.59 Å². The summed E-state index contributed by atoms with van der Waals surface area (Å²) >= 11 is 0. The molecule has 0 saturated heterocycles. The lowest BCUT2D eigenvalue weighted by molar-refractivity contribution is 0.0697. The van der Waals surface area contributed by atoms with Gasteiger partial charge in [0.1, 0.15) is 0 Å². The molecule has 0 saturated carbocycles. The van der Waals surface area contributed by atoms with Gasteiger partial charge < -0.3 is 14.6 Å². The maximum absolute atomic E-state index is 12.0. The number of carbonyl (C=O) groups is 2. The first-order valence-corrected chi connectivity index (χ1v) is 5.80. The van der Waals surface area contributed by atoms with Crippen molar-refractivity contribution < 1.29 is 24.2 Å². The first kappa shape index (κ1) is 13.6. The molecule has 0 amide bonds. The standard InChI is InChI=1S/C15H12O5/c1-19-12-7-2-3-8-13(12)20-15(18)11-6-4-5-10(9-11)14(16)17/h2-9H,1H3,(H,16,17). The number of hydrogen-bond donors (Lipinski definition) is 1. The van der Waals surface area contributed by atoms with Gasteiger partial charge in [-0.05, 0) is 30.3 Å². The Balaban J connectivity index is 2.24. The maximum atomic E-state index is 12.0. The van der Waals surface area contributed by atoms with E-state index in [9.17, 15) is 9.59 Å². The van der Waals surface area contributed by atoms with Crippen LogP contribution in [0.3, 0.4) is 0 Å². The summed E-state index contributed by atoms with van der Waals surface area (Å²) in [5.41, 5.74) is 0.190. The average Bonchev–Trinajstić information content (AvgIpc) is 2.48. The van der Waals surface area contributed by atoms with Crippen LogP contribution < -0.4 is 9.47 Å². The first-order chi connectivity index (χ1) is 9.61. The zero-order valence-electron chi connectivity index (χ0n) is 10.7. The monoisotopic (exact) mass is 272 g/mol. The molecule has 5 nitrogen and oxygen atoms in total. The summed E-state index contributed by atoms with van der Waals surface area (Å²) in [4.78, 5) is 22.8. The summed E-state index contributed by atoms with van der Waals surface area (Å²) in [7, 11) is 1.47. The van der Waals surface area contributed by atoms with E-state index in [2.05, 4.69) is 0 Å². The number of carboxylic acid groups (broad SMARTS) is 1. The lowest BCUT2D eigenvalue weighted by atomic mass is 10.1. The Morgan fingerprint density at radius 3 is 2.25 bits per heavy atom. The molecule has 102 valence electrons.